The minimum absolute atomic E-state index is 0.224. The van der Waals surface area contributed by atoms with E-state index in [9.17, 15) is 4.79 Å². The van der Waals surface area contributed by atoms with Crippen LogP contribution in [-0.2, 0) is 4.79 Å². The normalized spacial score (nSPS) is 20.6. The molecule has 0 radical (unpaired) electrons. The van der Waals surface area contributed by atoms with Crippen molar-refractivity contribution >= 4 is 11.7 Å². The number of hydrogen-bond acceptors (Lipinski definition) is 3. The molecule has 1 atom stereocenters. The molecule has 1 aliphatic rings. The molecule has 1 aromatic heterocycles. The molecule has 2 rings (SSSR count). The van der Waals surface area contributed by atoms with Gasteiger partial charge in [-0.2, -0.15) is 0 Å². The van der Waals surface area contributed by atoms with Crippen molar-refractivity contribution in [1.82, 2.24) is 4.98 Å². The van der Waals surface area contributed by atoms with Crippen molar-refractivity contribution in [3.63, 3.8) is 0 Å². The van der Waals surface area contributed by atoms with Gasteiger partial charge in [0.15, 0.2) is 0 Å². The molecule has 1 N–H and O–H groups in total. The van der Waals surface area contributed by atoms with E-state index in [2.05, 4.69) is 9.88 Å². The summed E-state index contributed by atoms with van der Waals surface area (Å²) in [6, 6.07) is 3.92. The third kappa shape index (κ3) is 2.09. The van der Waals surface area contributed by atoms with Crippen molar-refractivity contribution in [3.05, 3.63) is 24.0 Å². The Bertz CT molecular complexity index is 379. The zero-order chi connectivity index (χ0) is 10.8. The molecule has 0 aliphatic carbocycles. The number of carbonyl (C=O) groups is 1. The van der Waals surface area contributed by atoms with Gasteiger partial charge in [-0.25, -0.2) is 0 Å². The molecule has 1 aromatic rings. The van der Waals surface area contributed by atoms with Crippen molar-refractivity contribution in [1.29, 1.82) is 0 Å². The number of pyridine rings is 1. The molecule has 1 saturated heterocycles. The SMILES string of the molecule is Cc1cc(N2CC[C@@H](C(=O)O)C2)ccn1. The first kappa shape index (κ1) is 9.96. The lowest BCUT2D eigenvalue weighted by atomic mass is 10.1. The second-order valence-corrected chi connectivity index (χ2v) is 3.93. The second kappa shape index (κ2) is 3.88. The Hall–Kier alpha value is -1.58. The topological polar surface area (TPSA) is 53.4 Å². The van der Waals surface area contributed by atoms with E-state index >= 15 is 0 Å². The Kier molecular flexibility index (Phi) is 2.58. The highest BCUT2D eigenvalue weighted by Gasteiger charge is 2.27. The number of aliphatic carboxylic acids is 1. The average molecular weight is 206 g/mol. The Balaban J connectivity index is 2.11. The maximum absolute atomic E-state index is 10.8. The molecular weight excluding hydrogens is 192 g/mol. The van der Waals surface area contributed by atoms with Crippen LogP contribution in [0.3, 0.4) is 0 Å². The molecule has 1 aliphatic heterocycles. The Morgan fingerprint density at radius 3 is 3.07 bits per heavy atom. The van der Waals surface area contributed by atoms with Crippen LogP contribution in [0.1, 0.15) is 12.1 Å². The number of rotatable bonds is 2. The standard InChI is InChI=1S/C11H14N2O2/c1-8-6-10(2-4-12-8)13-5-3-9(7-13)11(14)15/h2,4,6,9H,3,5,7H2,1H3,(H,14,15)/t9-/m1/s1. The molecular formula is C11H14N2O2. The smallest absolute Gasteiger partial charge is 0.308 e. The molecule has 0 amide bonds. The first-order valence-corrected chi connectivity index (χ1v) is 5.07. The molecule has 0 spiro atoms. The maximum atomic E-state index is 10.8. The summed E-state index contributed by atoms with van der Waals surface area (Å²) in [4.78, 5) is 17.0. The van der Waals surface area contributed by atoms with Crippen molar-refractivity contribution in [2.75, 3.05) is 18.0 Å². The number of anilines is 1. The van der Waals surface area contributed by atoms with Crippen LogP contribution in [0.4, 0.5) is 5.69 Å². The third-order valence-electron chi connectivity index (χ3n) is 2.78. The zero-order valence-corrected chi connectivity index (χ0v) is 8.68. The summed E-state index contributed by atoms with van der Waals surface area (Å²) in [5, 5.41) is 8.89. The fourth-order valence-electron chi connectivity index (χ4n) is 1.92. The largest absolute Gasteiger partial charge is 0.481 e. The molecule has 4 heteroatoms. The van der Waals surface area contributed by atoms with Crippen LogP contribution in [-0.4, -0.2) is 29.1 Å². The van der Waals surface area contributed by atoms with Crippen molar-refractivity contribution in [2.45, 2.75) is 13.3 Å². The molecule has 15 heavy (non-hydrogen) atoms. The highest BCUT2D eigenvalue weighted by Crippen LogP contribution is 2.23. The van der Waals surface area contributed by atoms with E-state index in [1.165, 1.54) is 0 Å². The lowest BCUT2D eigenvalue weighted by Gasteiger charge is -2.17. The quantitative estimate of drug-likeness (QED) is 0.792. The molecule has 0 aromatic carbocycles. The lowest BCUT2D eigenvalue weighted by Crippen LogP contribution is -2.22. The van der Waals surface area contributed by atoms with Gasteiger partial charge in [-0.1, -0.05) is 0 Å². The van der Waals surface area contributed by atoms with Gasteiger partial charge in [0.25, 0.3) is 0 Å². The summed E-state index contributed by atoms with van der Waals surface area (Å²) in [7, 11) is 0. The van der Waals surface area contributed by atoms with Gasteiger partial charge in [0, 0.05) is 30.7 Å². The molecule has 1 fully saturated rings. The third-order valence-corrected chi connectivity index (χ3v) is 2.78. The van der Waals surface area contributed by atoms with E-state index in [-0.39, 0.29) is 5.92 Å². The van der Waals surface area contributed by atoms with Crippen LogP contribution >= 0.6 is 0 Å². The first-order chi connectivity index (χ1) is 7.16. The van der Waals surface area contributed by atoms with Gasteiger partial charge >= 0.3 is 5.97 Å². The first-order valence-electron chi connectivity index (χ1n) is 5.07. The molecule has 4 nitrogen and oxygen atoms in total. The van der Waals surface area contributed by atoms with Crippen LogP contribution in [0.25, 0.3) is 0 Å². The summed E-state index contributed by atoms with van der Waals surface area (Å²) in [6.07, 6.45) is 2.50. The van der Waals surface area contributed by atoms with E-state index in [0.29, 0.717) is 6.54 Å². The number of aryl methyl sites for hydroxylation is 1. The number of hydrogen-bond donors (Lipinski definition) is 1. The maximum Gasteiger partial charge on any atom is 0.308 e. The van der Waals surface area contributed by atoms with Gasteiger partial charge in [-0.3, -0.25) is 9.78 Å². The van der Waals surface area contributed by atoms with Crippen molar-refractivity contribution in [3.8, 4) is 0 Å². The van der Waals surface area contributed by atoms with Gasteiger partial charge in [-0.15, -0.1) is 0 Å². The Morgan fingerprint density at radius 1 is 1.67 bits per heavy atom. The highest BCUT2D eigenvalue weighted by molar-refractivity contribution is 5.72. The lowest BCUT2D eigenvalue weighted by molar-refractivity contribution is -0.140. The van der Waals surface area contributed by atoms with Gasteiger partial charge in [0.05, 0.1) is 5.92 Å². The van der Waals surface area contributed by atoms with Gasteiger partial charge < -0.3 is 10.0 Å². The van der Waals surface area contributed by atoms with Gasteiger partial charge in [0.2, 0.25) is 0 Å². The monoisotopic (exact) mass is 206 g/mol. The number of carboxylic acids is 1. The highest BCUT2D eigenvalue weighted by atomic mass is 16.4. The summed E-state index contributed by atoms with van der Waals surface area (Å²) in [5.41, 5.74) is 2.04. The summed E-state index contributed by atoms with van der Waals surface area (Å²) in [6.45, 7) is 3.37. The fraction of sp³-hybridized carbons (Fsp3) is 0.455. The van der Waals surface area contributed by atoms with Gasteiger partial charge in [0.1, 0.15) is 0 Å². The second-order valence-electron chi connectivity index (χ2n) is 3.93. The Morgan fingerprint density at radius 2 is 2.47 bits per heavy atom. The molecule has 2 heterocycles. The predicted octanol–water partition coefficient (Wildman–Crippen LogP) is 1.30. The summed E-state index contributed by atoms with van der Waals surface area (Å²) in [5.74, 6) is -0.915. The van der Waals surface area contributed by atoms with E-state index in [1.54, 1.807) is 6.20 Å². The molecule has 0 saturated carbocycles. The van der Waals surface area contributed by atoms with Crippen LogP contribution in [0.15, 0.2) is 18.3 Å². The molecule has 80 valence electrons. The number of carboxylic acid groups (broad SMARTS) is 1. The predicted molar refractivity (Wildman–Crippen MR) is 56.9 cm³/mol. The number of aromatic nitrogens is 1. The number of nitrogens with zero attached hydrogens (tertiary/aromatic N) is 2. The van der Waals surface area contributed by atoms with Gasteiger partial charge in [-0.05, 0) is 25.5 Å². The van der Waals surface area contributed by atoms with Crippen LogP contribution in [0.5, 0.6) is 0 Å². The van der Waals surface area contributed by atoms with E-state index in [0.717, 1.165) is 24.3 Å². The van der Waals surface area contributed by atoms with Crippen molar-refractivity contribution in [2.24, 2.45) is 5.92 Å². The minimum Gasteiger partial charge on any atom is -0.481 e. The van der Waals surface area contributed by atoms with E-state index < -0.39 is 5.97 Å². The Labute approximate surface area is 88.6 Å². The van der Waals surface area contributed by atoms with Crippen LogP contribution in [0, 0.1) is 12.8 Å². The molecule has 0 bridgehead atoms. The van der Waals surface area contributed by atoms with Crippen LogP contribution in [0.2, 0.25) is 0 Å². The zero-order valence-electron chi connectivity index (χ0n) is 8.68. The summed E-state index contributed by atoms with van der Waals surface area (Å²) >= 11 is 0. The summed E-state index contributed by atoms with van der Waals surface area (Å²) < 4.78 is 0. The molecule has 0 unspecified atom stereocenters. The van der Waals surface area contributed by atoms with Crippen LogP contribution < -0.4 is 4.90 Å². The van der Waals surface area contributed by atoms with Crippen molar-refractivity contribution < 1.29 is 9.90 Å². The average Bonchev–Trinajstić information content (AvgIpc) is 2.66. The van der Waals surface area contributed by atoms with E-state index in [4.69, 9.17) is 5.11 Å². The van der Waals surface area contributed by atoms with E-state index in [1.807, 2.05) is 19.1 Å². The fourth-order valence-corrected chi connectivity index (χ4v) is 1.92. The minimum atomic E-state index is -0.691.